The van der Waals surface area contributed by atoms with Gasteiger partial charge < -0.3 is 9.64 Å². The lowest BCUT2D eigenvalue weighted by Gasteiger charge is -2.30. The minimum absolute atomic E-state index is 0.0399. The third kappa shape index (κ3) is 5.75. The van der Waals surface area contributed by atoms with E-state index in [-0.39, 0.29) is 12.2 Å². The zero-order chi connectivity index (χ0) is 20.7. The molecule has 1 atom stereocenters. The van der Waals surface area contributed by atoms with Crippen LogP contribution in [0.4, 0.5) is 4.79 Å². The Balaban J connectivity index is 2.29. The summed E-state index contributed by atoms with van der Waals surface area (Å²) in [7, 11) is 0. The number of ether oxygens (including phenoxy) is 1. The Bertz CT molecular complexity index is 769. The van der Waals surface area contributed by atoms with Crippen LogP contribution in [0.2, 0.25) is 5.02 Å². The van der Waals surface area contributed by atoms with Crippen molar-refractivity contribution in [3.05, 3.63) is 58.7 Å². The fourth-order valence-electron chi connectivity index (χ4n) is 3.40. The maximum absolute atomic E-state index is 12.3. The van der Waals surface area contributed by atoms with Crippen LogP contribution in [0.15, 0.2) is 42.5 Å². The standard InChI is InChI=1S/C24H32ClNO2/c1-6-8-9-21(22-11-10-20(25)16-23(22)17(3)4)19-12-14-26(15-13-19)24(27)28-18(5)7-2/h6,8,10-11,16,18H,3,7,9,12-15H2,1-2,4-5H3/b8-6-. The van der Waals surface area contributed by atoms with Gasteiger partial charge in [-0.25, -0.2) is 4.79 Å². The van der Waals surface area contributed by atoms with Crippen molar-refractivity contribution >= 4 is 28.8 Å². The quantitative estimate of drug-likeness (QED) is 0.474. The molecule has 0 bridgehead atoms. The molecule has 1 aliphatic rings. The number of halogens is 1. The molecule has 1 heterocycles. The number of likely N-dealkylation sites (tertiary alicyclic amines) is 1. The van der Waals surface area contributed by atoms with E-state index in [9.17, 15) is 4.79 Å². The summed E-state index contributed by atoms with van der Waals surface area (Å²) < 4.78 is 5.48. The van der Waals surface area contributed by atoms with E-state index < -0.39 is 0 Å². The number of carbonyl (C=O) groups is 1. The van der Waals surface area contributed by atoms with Gasteiger partial charge in [-0.05, 0) is 75.3 Å². The first-order valence-electron chi connectivity index (χ1n) is 10.1. The largest absolute Gasteiger partial charge is 0.446 e. The number of carbonyl (C=O) groups excluding carboxylic acids is 1. The molecule has 1 aromatic carbocycles. The fraction of sp³-hybridized carbons (Fsp3) is 0.458. The second-order valence-corrected chi connectivity index (χ2v) is 7.85. The minimum atomic E-state index is -0.197. The Morgan fingerprint density at radius 1 is 1.32 bits per heavy atom. The van der Waals surface area contributed by atoms with Crippen molar-refractivity contribution in [1.29, 1.82) is 0 Å². The first-order valence-corrected chi connectivity index (χ1v) is 10.5. The fourth-order valence-corrected chi connectivity index (χ4v) is 3.58. The van der Waals surface area contributed by atoms with Gasteiger partial charge in [0.2, 0.25) is 0 Å². The molecule has 152 valence electrons. The van der Waals surface area contributed by atoms with Crippen molar-refractivity contribution in [3.8, 4) is 0 Å². The van der Waals surface area contributed by atoms with E-state index in [1.54, 1.807) is 0 Å². The monoisotopic (exact) mass is 401 g/mol. The second kappa shape index (κ2) is 10.5. The summed E-state index contributed by atoms with van der Waals surface area (Å²) in [6.07, 6.45) is 7.45. The molecule has 0 N–H and O–H groups in total. The number of rotatable bonds is 6. The van der Waals surface area contributed by atoms with Gasteiger partial charge in [-0.1, -0.05) is 54.5 Å². The predicted molar refractivity (Wildman–Crippen MR) is 120 cm³/mol. The number of piperidine rings is 1. The average Bonchev–Trinajstić information content (AvgIpc) is 2.69. The van der Waals surface area contributed by atoms with Crippen LogP contribution < -0.4 is 0 Å². The minimum Gasteiger partial charge on any atom is -0.446 e. The molecule has 1 saturated heterocycles. The number of amides is 1. The third-order valence-electron chi connectivity index (χ3n) is 5.25. The van der Waals surface area contributed by atoms with Crippen LogP contribution >= 0.6 is 11.6 Å². The molecule has 0 saturated carbocycles. The normalized spacial score (nSPS) is 15.6. The van der Waals surface area contributed by atoms with E-state index >= 15 is 0 Å². The van der Waals surface area contributed by atoms with Gasteiger partial charge in [-0.2, -0.15) is 0 Å². The Labute approximate surface area is 174 Å². The molecule has 0 aliphatic carbocycles. The zero-order valence-electron chi connectivity index (χ0n) is 17.6. The molecule has 4 heteroatoms. The SMILES string of the molecule is C=C(C)c1cc(Cl)ccc1C(C/C=C\C)=C1CCN(C(=O)OC(C)CC)CC1. The first kappa shape index (κ1) is 22.3. The highest BCUT2D eigenvalue weighted by Gasteiger charge is 2.24. The van der Waals surface area contributed by atoms with E-state index in [0.717, 1.165) is 41.8 Å². The lowest BCUT2D eigenvalue weighted by Crippen LogP contribution is -2.38. The van der Waals surface area contributed by atoms with Crippen LogP contribution in [0.1, 0.15) is 64.5 Å². The zero-order valence-corrected chi connectivity index (χ0v) is 18.3. The van der Waals surface area contributed by atoms with E-state index in [4.69, 9.17) is 16.3 Å². The van der Waals surface area contributed by atoms with Crippen LogP contribution in [0, 0.1) is 0 Å². The van der Waals surface area contributed by atoms with Gasteiger partial charge in [0, 0.05) is 18.1 Å². The molecule has 1 aromatic rings. The van der Waals surface area contributed by atoms with E-state index in [1.807, 2.05) is 44.7 Å². The van der Waals surface area contributed by atoms with Crippen molar-refractivity contribution in [3.63, 3.8) is 0 Å². The average molecular weight is 402 g/mol. The molecule has 0 spiro atoms. The molecule has 0 radical (unpaired) electrons. The third-order valence-corrected chi connectivity index (χ3v) is 5.49. The predicted octanol–water partition coefficient (Wildman–Crippen LogP) is 7.12. The second-order valence-electron chi connectivity index (χ2n) is 7.42. The van der Waals surface area contributed by atoms with Crippen LogP contribution in [0.25, 0.3) is 11.1 Å². The smallest absolute Gasteiger partial charge is 0.410 e. The summed E-state index contributed by atoms with van der Waals surface area (Å²) in [5.74, 6) is 0. The summed E-state index contributed by atoms with van der Waals surface area (Å²) in [5, 5.41) is 0.722. The van der Waals surface area contributed by atoms with Gasteiger partial charge in [0.05, 0.1) is 0 Å². The van der Waals surface area contributed by atoms with Crippen LogP contribution in [0.3, 0.4) is 0 Å². The highest BCUT2D eigenvalue weighted by atomic mass is 35.5. The number of allylic oxidation sites excluding steroid dienone is 4. The van der Waals surface area contributed by atoms with Crippen molar-refractivity contribution in [2.45, 2.75) is 59.5 Å². The summed E-state index contributed by atoms with van der Waals surface area (Å²) in [4.78, 5) is 14.1. The van der Waals surface area contributed by atoms with Gasteiger partial charge in [-0.15, -0.1) is 0 Å². The van der Waals surface area contributed by atoms with Gasteiger partial charge in [-0.3, -0.25) is 0 Å². The van der Waals surface area contributed by atoms with Crippen molar-refractivity contribution in [2.24, 2.45) is 0 Å². The summed E-state index contributed by atoms with van der Waals surface area (Å²) in [6, 6.07) is 6.04. The number of hydrogen-bond donors (Lipinski definition) is 0. The van der Waals surface area contributed by atoms with Crippen molar-refractivity contribution in [1.82, 2.24) is 4.90 Å². The number of benzene rings is 1. The van der Waals surface area contributed by atoms with E-state index in [2.05, 4.69) is 24.8 Å². The van der Waals surface area contributed by atoms with Gasteiger partial charge in [0.25, 0.3) is 0 Å². The molecular formula is C24H32ClNO2. The molecular weight excluding hydrogens is 370 g/mol. The lowest BCUT2D eigenvalue weighted by atomic mass is 9.87. The van der Waals surface area contributed by atoms with Gasteiger partial charge >= 0.3 is 6.09 Å². The van der Waals surface area contributed by atoms with Crippen molar-refractivity contribution in [2.75, 3.05) is 13.1 Å². The highest BCUT2D eigenvalue weighted by Crippen LogP contribution is 2.35. The van der Waals surface area contributed by atoms with E-state index in [0.29, 0.717) is 13.1 Å². The molecule has 3 nitrogen and oxygen atoms in total. The number of nitrogens with zero attached hydrogens (tertiary/aromatic N) is 1. The summed E-state index contributed by atoms with van der Waals surface area (Å²) >= 11 is 6.23. The van der Waals surface area contributed by atoms with Crippen molar-refractivity contribution < 1.29 is 9.53 Å². The molecule has 28 heavy (non-hydrogen) atoms. The van der Waals surface area contributed by atoms with E-state index in [1.165, 1.54) is 16.7 Å². The van der Waals surface area contributed by atoms with Crippen LogP contribution in [-0.2, 0) is 4.74 Å². The molecule has 1 amide bonds. The van der Waals surface area contributed by atoms with Crippen LogP contribution in [-0.4, -0.2) is 30.2 Å². The molecule has 1 unspecified atom stereocenters. The Morgan fingerprint density at radius 2 is 2.00 bits per heavy atom. The van der Waals surface area contributed by atoms with Crippen LogP contribution in [0.5, 0.6) is 0 Å². The molecule has 0 aromatic heterocycles. The molecule has 1 fully saturated rings. The Morgan fingerprint density at radius 3 is 2.57 bits per heavy atom. The lowest BCUT2D eigenvalue weighted by molar-refractivity contribution is 0.0664. The Hall–Kier alpha value is -2.00. The number of hydrogen-bond acceptors (Lipinski definition) is 2. The molecule has 2 rings (SSSR count). The van der Waals surface area contributed by atoms with Gasteiger partial charge in [0.1, 0.15) is 6.10 Å². The highest BCUT2D eigenvalue weighted by molar-refractivity contribution is 6.30. The Kier molecular flexibility index (Phi) is 8.37. The molecule has 1 aliphatic heterocycles. The first-order chi connectivity index (χ1) is 13.4. The maximum Gasteiger partial charge on any atom is 0.410 e. The maximum atomic E-state index is 12.3. The van der Waals surface area contributed by atoms with Gasteiger partial charge in [0.15, 0.2) is 0 Å². The topological polar surface area (TPSA) is 29.5 Å². The summed E-state index contributed by atoms with van der Waals surface area (Å²) in [5.41, 5.74) is 6.02. The summed E-state index contributed by atoms with van der Waals surface area (Å²) in [6.45, 7) is 13.5.